The number of nitrogens with one attached hydrogen (secondary N) is 1. The lowest BCUT2D eigenvalue weighted by molar-refractivity contribution is 0.0944. The normalized spacial score (nSPS) is 17.8. The molecule has 1 aliphatic heterocycles. The number of carbonyl (C=O) groups excluding carboxylic acids is 1. The Bertz CT molecular complexity index is 650. The Hall–Kier alpha value is -1.65. The fraction of sp³-hybridized carbons (Fsp3) is 0.333. The maximum absolute atomic E-state index is 12.8. The highest BCUT2D eigenvalue weighted by Gasteiger charge is 2.30. The molecule has 0 amide bonds. The first-order chi connectivity index (χ1) is 9.72. The largest absolute Gasteiger partial charge is 0.312 e. The predicted molar refractivity (Wildman–Crippen MR) is 78.1 cm³/mol. The molecular weight excluding hydrogens is 274 g/mol. The summed E-state index contributed by atoms with van der Waals surface area (Å²) in [5.41, 5.74) is 2.78. The zero-order chi connectivity index (χ0) is 14.1. The summed E-state index contributed by atoms with van der Waals surface area (Å²) in [6, 6.07) is 8.06. The van der Waals surface area contributed by atoms with Gasteiger partial charge in [-0.2, -0.15) is 5.10 Å². The van der Waals surface area contributed by atoms with Crippen molar-refractivity contribution < 1.29 is 4.79 Å². The molecule has 0 aliphatic carbocycles. The van der Waals surface area contributed by atoms with Gasteiger partial charge in [-0.1, -0.05) is 35.9 Å². The van der Waals surface area contributed by atoms with Crippen LogP contribution in [0.2, 0.25) is 5.02 Å². The summed E-state index contributed by atoms with van der Waals surface area (Å²) in [6.45, 7) is 4.03. The average molecular weight is 290 g/mol. The summed E-state index contributed by atoms with van der Waals surface area (Å²) < 4.78 is 1.67. The highest BCUT2D eigenvalue weighted by atomic mass is 35.5. The summed E-state index contributed by atoms with van der Waals surface area (Å²) in [7, 11) is 0. The molecule has 1 aromatic carbocycles. The second kappa shape index (κ2) is 5.38. The Morgan fingerprint density at radius 3 is 3.10 bits per heavy atom. The van der Waals surface area contributed by atoms with Gasteiger partial charge in [0.15, 0.2) is 5.78 Å². The third-order valence-electron chi connectivity index (χ3n) is 3.74. The predicted octanol–water partition coefficient (Wildman–Crippen LogP) is 2.63. The van der Waals surface area contributed by atoms with Crippen molar-refractivity contribution in [2.75, 3.05) is 6.54 Å². The molecule has 2 heterocycles. The number of carbonyl (C=O) groups is 1. The minimum Gasteiger partial charge on any atom is -0.312 e. The smallest absolute Gasteiger partial charge is 0.191 e. The molecule has 1 aromatic heterocycles. The van der Waals surface area contributed by atoms with Crippen LogP contribution in [0.3, 0.4) is 0 Å². The van der Waals surface area contributed by atoms with Gasteiger partial charge in [0, 0.05) is 19.6 Å². The minimum atomic E-state index is -0.195. The number of aromatic nitrogens is 2. The number of ketones is 1. The van der Waals surface area contributed by atoms with Crippen LogP contribution in [0.15, 0.2) is 30.5 Å². The van der Waals surface area contributed by atoms with Crippen LogP contribution >= 0.6 is 11.6 Å². The van der Waals surface area contributed by atoms with E-state index in [-0.39, 0.29) is 11.7 Å². The summed E-state index contributed by atoms with van der Waals surface area (Å²) in [6.07, 6.45) is 1.54. The first-order valence-corrected chi connectivity index (χ1v) is 7.14. The Balaban J connectivity index is 2.02. The number of fused-ring (bicyclic) bond motifs is 1. The Labute approximate surface area is 122 Å². The SMILES string of the molecule is CCn1ncc(Cl)c1C(=O)C1CNCc2ccccc21. The van der Waals surface area contributed by atoms with Gasteiger partial charge in [0.2, 0.25) is 0 Å². The standard InChI is InChI=1S/C15H16ClN3O/c1-2-19-14(13(16)9-18-19)15(20)12-8-17-7-10-5-3-4-6-11(10)12/h3-6,9,12,17H,2,7-8H2,1H3. The van der Waals surface area contributed by atoms with Gasteiger partial charge in [0.25, 0.3) is 0 Å². The number of rotatable bonds is 3. The fourth-order valence-electron chi connectivity index (χ4n) is 2.74. The van der Waals surface area contributed by atoms with E-state index < -0.39 is 0 Å². The zero-order valence-corrected chi connectivity index (χ0v) is 12.0. The number of Topliss-reactive ketones (excluding diaryl/α,β-unsaturated/α-hetero) is 1. The van der Waals surface area contributed by atoms with Crippen molar-refractivity contribution in [3.8, 4) is 0 Å². The van der Waals surface area contributed by atoms with Crippen molar-refractivity contribution in [2.24, 2.45) is 0 Å². The van der Waals surface area contributed by atoms with E-state index in [1.807, 2.05) is 25.1 Å². The van der Waals surface area contributed by atoms with E-state index >= 15 is 0 Å². The van der Waals surface area contributed by atoms with Gasteiger partial charge in [0.05, 0.1) is 17.1 Å². The topological polar surface area (TPSA) is 46.9 Å². The van der Waals surface area contributed by atoms with Crippen LogP contribution in [0.4, 0.5) is 0 Å². The molecule has 1 unspecified atom stereocenters. The molecule has 1 aliphatic rings. The van der Waals surface area contributed by atoms with E-state index in [2.05, 4.69) is 16.5 Å². The van der Waals surface area contributed by atoms with Gasteiger partial charge in [-0.05, 0) is 18.1 Å². The number of hydrogen-bond donors (Lipinski definition) is 1. The highest BCUT2D eigenvalue weighted by Crippen LogP contribution is 2.29. The lowest BCUT2D eigenvalue weighted by atomic mass is 9.86. The van der Waals surface area contributed by atoms with Crippen molar-refractivity contribution in [1.82, 2.24) is 15.1 Å². The number of aryl methyl sites for hydroxylation is 1. The maximum atomic E-state index is 12.8. The number of hydrogen-bond acceptors (Lipinski definition) is 3. The Morgan fingerprint density at radius 2 is 2.30 bits per heavy atom. The average Bonchev–Trinajstić information content (AvgIpc) is 2.87. The lowest BCUT2D eigenvalue weighted by Crippen LogP contribution is -2.33. The molecular formula is C15H16ClN3O. The van der Waals surface area contributed by atoms with Crippen molar-refractivity contribution >= 4 is 17.4 Å². The monoisotopic (exact) mass is 289 g/mol. The maximum Gasteiger partial charge on any atom is 0.191 e. The first-order valence-electron chi connectivity index (χ1n) is 6.76. The van der Waals surface area contributed by atoms with E-state index in [0.29, 0.717) is 23.8 Å². The number of halogens is 1. The van der Waals surface area contributed by atoms with Crippen LogP contribution in [0.25, 0.3) is 0 Å². The second-order valence-electron chi connectivity index (χ2n) is 4.90. The molecule has 4 nitrogen and oxygen atoms in total. The molecule has 0 saturated carbocycles. The number of nitrogens with zero attached hydrogens (tertiary/aromatic N) is 2. The summed E-state index contributed by atoms with van der Waals surface area (Å²) >= 11 is 6.14. The molecule has 2 aromatic rings. The molecule has 104 valence electrons. The van der Waals surface area contributed by atoms with Gasteiger partial charge in [-0.15, -0.1) is 0 Å². The molecule has 20 heavy (non-hydrogen) atoms. The van der Waals surface area contributed by atoms with Gasteiger partial charge >= 0.3 is 0 Å². The summed E-state index contributed by atoms with van der Waals surface area (Å²) in [5, 5.41) is 7.88. The van der Waals surface area contributed by atoms with Gasteiger partial charge in [-0.25, -0.2) is 0 Å². The molecule has 0 spiro atoms. The van der Waals surface area contributed by atoms with Gasteiger partial charge < -0.3 is 5.32 Å². The molecule has 0 radical (unpaired) electrons. The quantitative estimate of drug-likeness (QED) is 0.884. The van der Waals surface area contributed by atoms with Crippen LogP contribution in [0, 0.1) is 0 Å². The van der Waals surface area contributed by atoms with Crippen LogP contribution in [0.5, 0.6) is 0 Å². The van der Waals surface area contributed by atoms with E-state index in [1.54, 1.807) is 10.9 Å². The van der Waals surface area contributed by atoms with Crippen molar-refractivity contribution in [1.29, 1.82) is 0 Å². The van der Waals surface area contributed by atoms with Crippen molar-refractivity contribution in [3.63, 3.8) is 0 Å². The fourth-order valence-corrected chi connectivity index (χ4v) is 2.98. The first kappa shape index (κ1) is 13.3. The van der Waals surface area contributed by atoms with E-state index in [1.165, 1.54) is 5.56 Å². The van der Waals surface area contributed by atoms with E-state index in [9.17, 15) is 4.79 Å². The molecule has 1 atom stereocenters. The van der Waals surface area contributed by atoms with Crippen molar-refractivity contribution in [3.05, 3.63) is 52.3 Å². The zero-order valence-electron chi connectivity index (χ0n) is 11.3. The number of benzene rings is 1. The van der Waals surface area contributed by atoms with Crippen molar-refractivity contribution in [2.45, 2.75) is 25.9 Å². The molecule has 5 heteroatoms. The summed E-state index contributed by atoms with van der Waals surface area (Å²) in [5.74, 6) is -0.159. The summed E-state index contributed by atoms with van der Waals surface area (Å²) in [4.78, 5) is 12.8. The van der Waals surface area contributed by atoms with Crippen LogP contribution in [-0.4, -0.2) is 22.1 Å². The molecule has 3 rings (SSSR count). The molecule has 0 fully saturated rings. The Morgan fingerprint density at radius 1 is 1.50 bits per heavy atom. The van der Waals surface area contributed by atoms with Crippen LogP contribution < -0.4 is 5.32 Å². The molecule has 1 N–H and O–H groups in total. The second-order valence-corrected chi connectivity index (χ2v) is 5.31. The van der Waals surface area contributed by atoms with E-state index in [4.69, 9.17) is 11.6 Å². The van der Waals surface area contributed by atoms with Crippen LogP contribution in [0.1, 0.15) is 34.5 Å². The van der Waals surface area contributed by atoms with Crippen LogP contribution in [-0.2, 0) is 13.1 Å². The highest BCUT2D eigenvalue weighted by molar-refractivity contribution is 6.33. The molecule has 0 saturated heterocycles. The molecule has 0 bridgehead atoms. The van der Waals surface area contributed by atoms with Gasteiger partial charge in [0.1, 0.15) is 5.69 Å². The Kier molecular flexibility index (Phi) is 3.59. The van der Waals surface area contributed by atoms with E-state index in [0.717, 1.165) is 12.1 Å². The van der Waals surface area contributed by atoms with Gasteiger partial charge in [-0.3, -0.25) is 9.48 Å². The third kappa shape index (κ3) is 2.15. The minimum absolute atomic E-state index is 0.0361. The lowest BCUT2D eigenvalue weighted by Gasteiger charge is -2.25. The third-order valence-corrected chi connectivity index (χ3v) is 4.02.